The molecule has 0 radical (unpaired) electrons. The van der Waals surface area contributed by atoms with Crippen LogP contribution in [0.1, 0.15) is 43.4 Å². The number of rotatable bonds is 4. The Hall–Kier alpha value is -1.21. The Bertz CT molecular complexity index is 473. The fraction of sp³-hybridized carbons (Fsp3) is 0.600. The Morgan fingerprint density at radius 2 is 2.11 bits per heavy atom. The van der Waals surface area contributed by atoms with Crippen molar-refractivity contribution < 1.29 is 0 Å². The Kier molecular flexibility index (Phi) is 4.71. The largest absolute Gasteiger partial charge is 0.368 e. The van der Waals surface area contributed by atoms with Gasteiger partial charge in [-0.2, -0.15) is 17.0 Å². The molecule has 0 amide bonds. The van der Waals surface area contributed by atoms with E-state index in [0.29, 0.717) is 10.3 Å². The van der Waals surface area contributed by atoms with Crippen LogP contribution in [0.25, 0.3) is 0 Å². The van der Waals surface area contributed by atoms with Crippen LogP contribution in [-0.2, 0) is 0 Å². The average Bonchev–Trinajstić information content (AvgIpc) is 2.46. The minimum Gasteiger partial charge on any atom is -0.368 e. The average molecular weight is 275 g/mol. The first-order valence-corrected chi connectivity index (χ1v) is 8.08. The first-order valence-electron chi connectivity index (χ1n) is 6.86. The van der Waals surface area contributed by atoms with Crippen molar-refractivity contribution in [2.24, 2.45) is 0 Å². The molecular weight excluding hydrogens is 254 g/mol. The van der Waals surface area contributed by atoms with Crippen LogP contribution in [0.3, 0.4) is 0 Å². The van der Waals surface area contributed by atoms with Gasteiger partial charge in [0.15, 0.2) is 0 Å². The summed E-state index contributed by atoms with van der Waals surface area (Å²) >= 11 is 1.96. The normalized spacial score (nSPS) is 17.7. The molecule has 0 aliphatic heterocycles. The molecule has 0 aromatic carbocycles. The Morgan fingerprint density at radius 3 is 2.74 bits per heavy atom. The van der Waals surface area contributed by atoms with Gasteiger partial charge in [-0.15, -0.1) is 0 Å². The summed E-state index contributed by atoms with van der Waals surface area (Å²) in [4.78, 5) is 4.45. The summed E-state index contributed by atoms with van der Waals surface area (Å²) in [5.41, 5.74) is 1.58. The third kappa shape index (κ3) is 3.42. The van der Waals surface area contributed by atoms with Gasteiger partial charge in [-0.05, 0) is 38.2 Å². The van der Waals surface area contributed by atoms with E-state index in [9.17, 15) is 0 Å². The molecule has 0 saturated heterocycles. The van der Waals surface area contributed by atoms with Crippen molar-refractivity contribution >= 4 is 17.6 Å². The number of nitrogens with zero attached hydrogens (tertiary/aromatic N) is 2. The smallest absolute Gasteiger partial charge is 0.144 e. The van der Waals surface area contributed by atoms with E-state index in [2.05, 4.69) is 22.6 Å². The van der Waals surface area contributed by atoms with Gasteiger partial charge in [-0.1, -0.05) is 19.3 Å². The second kappa shape index (κ2) is 6.29. The summed E-state index contributed by atoms with van der Waals surface area (Å²) in [5, 5.41) is 12.5. The van der Waals surface area contributed by atoms with E-state index < -0.39 is 0 Å². The van der Waals surface area contributed by atoms with Gasteiger partial charge >= 0.3 is 0 Å². The number of aryl methyl sites for hydroxylation is 1. The topological polar surface area (TPSA) is 48.7 Å². The van der Waals surface area contributed by atoms with Crippen LogP contribution in [-0.4, -0.2) is 22.5 Å². The van der Waals surface area contributed by atoms with E-state index in [1.165, 1.54) is 32.1 Å². The molecule has 102 valence electrons. The molecule has 0 spiro atoms. The van der Waals surface area contributed by atoms with Gasteiger partial charge in [0.2, 0.25) is 0 Å². The standard InChI is InChI=1S/C15H21N3S/c1-12-6-7-13(10-16)14(18-12)17-11-15(19-2)8-4-3-5-9-15/h6-7H,3-5,8-9,11H2,1-2H3,(H,17,18). The predicted molar refractivity (Wildman–Crippen MR) is 81.5 cm³/mol. The van der Waals surface area contributed by atoms with Crippen molar-refractivity contribution in [3.05, 3.63) is 23.4 Å². The summed E-state index contributed by atoms with van der Waals surface area (Å²) in [6.45, 7) is 2.86. The lowest BCUT2D eigenvalue weighted by Gasteiger charge is -2.36. The Balaban J connectivity index is 2.09. The highest BCUT2D eigenvalue weighted by molar-refractivity contribution is 8.00. The van der Waals surface area contributed by atoms with Gasteiger partial charge in [0.05, 0.1) is 5.56 Å². The third-order valence-corrected chi connectivity index (χ3v) is 5.35. The van der Waals surface area contributed by atoms with E-state index in [1.807, 2.05) is 30.8 Å². The molecule has 1 aromatic rings. The first kappa shape index (κ1) is 14.2. The maximum Gasteiger partial charge on any atom is 0.144 e. The number of hydrogen-bond donors (Lipinski definition) is 1. The third-order valence-electron chi connectivity index (χ3n) is 3.93. The predicted octanol–water partition coefficient (Wildman–Crippen LogP) is 3.74. The van der Waals surface area contributed by atoms with Crippen molar-refractivity contribution in [1.29, 1.82) is 5.26 Å². The van der Waals surface area contributed by atoms with Crippen LogP contribution >= 0.6 is 11.8 Å². The summed E-state index contributed by atoms with van der Waals surface area (Å²) in [6, 6.07) is 5.94. The highest BCUT2D eigenvalue weighted by atomic mass is 32.2. The van der Waals surface area contributed by atoms with Crippen molar-refractivity contribution in [3.8, 4) is 6.07 Å². The fourth-order valence-electron chi connectivity index (χ4n) is 2.68. The van der Waals surface area contributed by atoms with Gasteiger partial charge in [0.1, 0.15) is 11.9 Å². The molecule has 0 unspecified atom stereocenters. The van der Waals surface area contributed by atoms with Gasteiger partial charge in [-0.25, -0.2) is 4.98 Å². The SMILES string of the molecule is CSC1(CNc2nc(C)ccc2C#N)CCCCC1. The monoisotopic (exact) mass is 275 g/mol. The zero-order chi connectivity index (χ0) is 13.7. The lowest BCUT2D eigenvalue weighted by atomic mass is 9.88. The number of aromatic nitrogens is 1. The highest BCUT2D eigenvalue weighted by Crippen LogP contribution is 2.38. The Morgan fingerprint density at radius 1 is 1.37 bits per heavy atom. The number of hydrogen-bond acceptors (Lipinski definition) is 4. The number of nitriles is 1. The molecule has 1 aromatic heterocycles. The van der Waals surface area contributed by atoms with Crippen LogP contribution in [0.5, 0.6) is 0 Å². The molecule has 1 heterocycles. The lowest BCUT2D eigenvalue weighted by molar-refractivity contribution is 0.411. The second-order valence-corrected chi connectivity index (χ2v) is 6.54. The van der Waals surface area contributed by atoms with Gasteiger partial charge in [0.25, 0.3) is 0 Å². The van der Waals surface area contributed by atoms with Gasteiger partial charge < -0.3 is 5.32 Å². The van der Waals surface area contributed by atoms with Crippen molar-refractivity contribution in [3.63, 3.8) is 0 Å². The number of anilines is 1. The minimum atomic E-state index is 0.316. The summed E-state index contributed by atoms with van der Waals surface area (Å²) in [7, 11) is 0. The lowest BCUT2D eigenvalue weighted by Crippen LogP contribution is -2.35. The Labute approximate surface area is 119 Å². The molecule has 2 rings (SSSR count). The van der Waals surface area contributed by atoms with E-state index in [4.69, 9.17) is 5.26 Å². The van der Waals surface area contributed by atoms with Gasteiger partial charge in [-0.3, -0.25) is 0 Å². The van der Waals surface area contributed by atoms with Crippen molar-refractivity contribution in [1.82, 2.24) is 4.98 Å². The summed E-state index contributed by atoms with van der Waals surface area (Å²) in [6.07, 6.45) is 8.70. The molecular formula is C15H21N3S. The van der Waals surface area contributed by atoms with E-state index in [1.54, 1.807) is 0 Å². The maximum absolute atomic E-state index is 9.13. The first-order chi connectivity index (χ1) is 9.19. The molecule has 0 bridgehead atoms. The van der Waals surface area contributed by atoms with Crippen LogP contribution in [0.15, 0.2) is 12.1 Å². The van der Waals surface area contributed by atoms with Crippen LogP contribution in [0.4, 0.5) is 5.82 Å². The highest BCUT2D eigenvalue weighted by Gasteiger charge is 2.31. The van der Waals surface area contributed by atoms with E-state index in [0.717, 1.165) is 18.1 Å². The van der Waals surface area contributed by atoms with E-state index in [-0.39, 0.29) is 0 Å². The molecule has 4 heteroatoms. The summed E-state index contributed by atoms with van der Waals surface area (Å²) < 4.78 is 0.316. The summed E-state index contributed by atoms with van der Waals surface area (Å²) in [5.74, 6) is 0.737. The zero-order valence-corrected chi connectivity index (χ0v) is 12.5. The second-order valence-electron chi connectivity index (χ2n) is 5.26. The van der Waals surface area contributed by atoms with Crippen LogP contribution < -0.4 is 5.32 Å². The molecule has 0 atom stereocenters. The van der Waals surface area contributed by atoms with Crippen LogP contribution in [0, 0.1) is 18.3 Å². The quantitative estimate of drug-likeness (QED) is 0.909. The molecule has 1 aliphatic rings. The molecule has 3 nitrogen and oxygen atoms in total. The molecule has 1 fully saturated rings. The number of pyridine rings is 1. The van der Waals surface area contributed by atoms with Crippen molar-refractivity contribution in [2.75, 3.05) is 18.1 Å². The van der Waals surface area contributed by atoms with Crippen LogP contribution in [0.2, 0.25) is 0 Å². The molecule has 19 heavy (non-hydrogen) atoms. The molecule has 1 aliphatic carbocycles. The molecule has 1 saturated carbocycles. The zero-order valence-electron chi connectivity index (χ0n) is 11.7. The fourth-order valence-corrected chi connectivity index (χ4v) is 3.59. The number of thioether (sulfide) groups is 1. The maximum atomic E-state index is 9.13. The van der Waals surface area contributed by atoms with E-state index >= 15 is 0 Å². The molecule has 1 N–H and O–H groups in total. The van der Waals surface area contributed by atoms with Gasteiger partial charge in [0, 0.05) is 17.0 Å². The van der Waals surface area contributed by atoms with Crippen molar-refractivity contribution in [2.45, 2.75) is 43.8 Å². The minimum absolute atomic E-state index is 0.316. The number of nitrogens with one attached hydrogen (secondary N) is 1.